The van der Waals surface area contributed by atoms with Crippen molar-refractivity contribution in [2.24, 2.45) is 12.9 Å². The van der Waals surface area contributed by atoms with Crippen molar-refractivity contribution in [3.8, 4) is 0 Å². The number of hydrogen-bond acceptors (Lipinski definition) is 3. The van der Waals surface area contributed by atoms with Crippen molar-refractivity contribution < 1.29 is 0 Å². The van der Waals surface area contributed by atoms with Crippen LogP contribution in [0.1, 0.15) is 29.9 Å². The first kappa shape index (κ1) is 14.5. The van der Waals surface area contributed by atoms with Gasteiger partial charge in [0.25, 0.3) is 0 Å². The number of rotatable bonds is 5. The molecule has 0 saturated heterocycles. The van der Waals surface area contributed by atoms with Crippen LogP contribution in [0.5, 0.6) is 0 Å². The molecule has 1 atom stereocenters. The summed E-state index contributed by atoms with van der Waals surface area (Å²) in [6, 6.07) is 10.7. The van der Waals surface area contributed by atoms with E-state index >= 15 is 0 Å². The molecule has 2 aromatic rings. The first-order valence-electron chi connectivity index (χ1n) is 6.37. The lowest BCUT2D eigenvalue weighted by Gasteiger charge is -2.16. The molecule has 2 rings (SSSR count). The summed E-state index contributed by atoms with van der Waals surface area (Å²) in [5.41, 5.74) is 6.38. The van der Waals surface area contributed by atoms with Crippen LogP contribution in [0.25, 0.3) is 0 Å². The fourth-order valence-corrected chi connectivity index (χ4v) is 2.51. The number of aromatic nitrogens is 2. The number of hydrogen-bond donors (Lipinski definition) is 2. The Balaban J connectivity index is 2.19. The van der Waals surface area contributed by atoms with Gasteiger partial charge in [-0.2, -0.15) is 5.10 Å². The van der Waals surface area contributed by atoms with Crippen LogP contribution < -0.4 is 11.3 Å². The molecule has 1 heterocycles. The number of hydrazine groups is 1. The molecule has 0 bridgehead atoms. The van der Waals surface area contributed by atoms with Crippen LogP contribution in [-0.4, -0.2) is 9.78 Å². The van der Waals surface area contributed by atoms with Gasteiger partial charge in [-0.3, -0.25) is 16.0 Å². The lowest BCUT2D eigenvalue weighted by Crippen LogP contribution is -2.31. The van der Waals surface area contributed by atoms with E-state index in [-0.39, 0.29) is 6.04 Å². The molecule has 0 saturated carbocycles. The molecular weight excluding hydrogens is 351 g/mol. The fourth-order valence-electron chi connectivity index (χ4n) is 2.15. The van der Waals surface area contributed by atoms with Crippen LogP contribution >= 0.6 is 22.6 Å². The van der Waals surface area contributed by atoms with E-state index in [0.717, 1.165) is 24.2 Å². The first-order chi connectivity index (χ1) is 9.13. The molecule has 5 heteroatoms. The molecular formula is C14H19IN4. The maximum Gasteiger partial charge on any atom is 0.0669 e. The van der Waals surface area contributed by atoms with Crippen LogP contribution in [-0.2, 0) is 19.9 Å². The molecule has 3 N–H and O–H groups in total. The summed E-state index contributed by atoms with van der Waals surface area (Å²) >= 11 is 2.31. The molecule has 102 valence electrons. The van der Waals surface area contributed by atoms with E-state index in [1.807, 2.05) is 11.7 Å². The Morgan fingerprint density at radius 3 is 2.58 bits per heavy atom. The van der Waals surface area contributed by atoms with E-state index in [0.29, 0.717) is 0 Å². The minimum atomic E-state index is 0.0814. The molecule has 0 aliphatic rings. The highest BCUT2D eigenvalue weighted by molar-refractivity contribution is 14.1. The second-order valence-corrected chi connectivity index (χ2v) is 5.83. The number of halogens is 1. The van der Waals surface area contributed by atoms with Gasteiger partial charge in [0.2, 0.25) is 0 Å². The van der Waals surface area contributed by atoms with Gasteiger partial charge in [-0.15, -0.1) is 0 Å². The Morgan fingerprint density at radius 2 is 2.05 bits per heavy atom. The highest BCUT2D eigenvalue weighted by atomic mass is 127. The van der Waals surface area contributed by atoms with Crippen molar-refractivity contribution >= 4 is 22.6 Å². The van der Waals surface area contributed by atoms with Gasteiger partial charge in [0.15, 0.2) is 0 Å². The van der Waals surface area contributed by atoms with Crippen molar-refractivity contribution in [3.63, 3.8) is 0 Å². The molecule has 19 heavy (non-hydrogen) atoms. The monoisotopic (exact) mass is 370 g/mol. The highest BCUT2D eigenvalue weighted by Gasteiger charge is 2.15. The molecule has 0 fully saturated rings. The SMILES string of the molecule is CCc1cc(C(Cc2ccc(I)cc2)NN)n(C)n1. The van der Waals surface area contributed by atoms with Crippen LogP contribution in [0.4, 0.5) is 0 Å². The Labute approximate surface area is 127 Å². The van der Waals surface area contributed by atoms with Crippen molar-refractivity contribution in [2.45, 2.75) is 25.8 Å². The number of nitrogens with one attached hydrogen (secondary N) is 1. The fraction of sp³-hybridized carbons (Fsp3) is 0.357. The third-order valence-corrected chi connectivity index (χ3v) is 3.96. The summed E-state index contributed by atoms with van der Waals surface area (Å²) in [6.07, 6.45) is 1.80. The Hall–Kier alpha value is -0.920. The average molecular weight is 370 g/mol. The molecule has 0 aliphatic carbocycles. The van der Waals surface area contributed by atoms with Crippen LogP contribution in [0, 0.1) is 3.57 Å². The normalized spacial score (nSPS) is 12.6. The van der Waals surface area contributed by atoms with Gasteiger partial charge in [0, 0.05) is 10.6 Å². The van der Waals surface area contributed by atoms with Crippen molar-refractivity contribution in [1.29, 1.82) is 0 Å². The van der Waals surface area contributed by atoms with Gasteiger partial charge < -0.3 is 0 Å². The van der Waals surface area contributed by atoms with Gasteiger partial charge in [0.1, 0.15) is 0 Å². The summed E-state index contributed by atoms with van der Waals surface area (Å²) in [5.74, 6) is 5.71. The quantitative estimate of drug-likeness (QED) is 0.483. The zero-order valence-electron chi connectivity index (χ0n) is 11.2. The van der Waals surface area contributed by atoms with Crippen LogP contribution in [0.3, 0.4) is 0 Å². The van der Waals surface area contributed by atoms with E-state index in [1.54, 1.807) is 0 Å². The second-order valence-electron chi connectivity index (χ2n) is 4.59. The molecule has 0 spiro atoms. The van der Waals surface area contributed by atoms with E-state index in [4.69, 9.17) is 5.84 Å². The summed E-state index contributed by atoms with van der Waals surface area (Å²) in [5, 5.41) is 4.47. The van der Waals surface area contributed by atoms with Gasteiger partial charge >= 0.3 is 0 Å². The lowest BCUT2D eigenvalue weighted by molar-refractivity contribution is 0.508. The lowest BCUT2D eigenvalue weighted by atomic mass is 10.0. The molecule has 0 amide bonds. The van der Waals surface area contributed by atoms with Gasteiger partial charge in [-0.25, -0.2) is 0 Å². The topological polar surface area (TPSA) is 55.9 Å². The van der Waals surface area contributed by atoms with E-state index in [9.17, 15) is 0 Å². The molecule has 4 nitrogen and oxygen atoms in total. The number of benzene rings is 1. The third-order valence-electron chi connectivity index (χ3n) is 3.24. The Bertz CT molecular complexity index is 533. The zero-order valence-corrected chi connectivity index (χ0v) is 13.4. The Kier molecular flexibility index (Phi) is 4.95. The number of nitrogens with two attached hydrogens (primary N) is 1. The van der Waals surface area contributed by atoms with Crippen molar-refractivity contribution in [3.05, 3.63) is 50.9 Å². The smallest absolute Gasteiger partial charge is 0.0669 e. The molecule has 1 unspecified atom stereocenters. The van der Waals surface area contributed by atoms with Crippen molar-refractivity contribution in [2.75, 3.05) is 0 Å². The predicted molar refractivity (Wildman–Crippen MR) is 85.5 cm³/mol. The predicted octanol–water partition coefficient (Wildman–Crippen LogP) is 2.33. The van der Waals surface area contributed by atoms with E-state index in [2.05, 4.69) is 70.4 Å². The molecule has 0 aliphatic heterocycles. The van der Waals surface area contributed by atoms with Crippen molar-refractivity contribution in [1.82, 2.24) is 15.2 Å². The summed E-state index contributed by atoms with van der Waals surface area (Å²) in [4.78, 5) is 0. The number of aryl methyl sites for hydroxylation is 2. The van der Waals surface area contributed by atoms with E-state index in [1.165, 1.54) is 9.13 Å². The van der Waals surface area contributed by atoms with Gasteiger partial charge in [-0.1, -0.05) is 19.1 Å². The van der Waals surface area contributed by atoms with Crippen LogP contribution in [0.15, 0.2) is 30.3 Å². The maximum atomic E-state index is 5.71. The summed E-state index contributed by atoms with van der Waals surface area (Å²) in [7, 11) is 1.97. The molecule has 0 radical (unpaired) electrons. The average Bonchev–Trinajstić information content (AvgIpc) is 2.79. The standard InChI is InChI=1S/C14H19IN4/c1-3-12-9-14(19(2)18-12)13(17-16)8-10-4-6-11(15)7-5-10/h4-7,9,13,17H,3,8,16H2,1-2H3. The third kappa shape index (κ3) is 3.55. The number of nitrogens with zero attached hydrogens (tertiary/aromatic N) is 2. The largest absolute Gasteiger partial charge is 0.271 e. The summed E-state index contributed by atoms with van der Waals surface area (Å²) < 4.78 is 3.16. The van der Waals surface area contributed by atoms with E-state index < -0.39 is 0 Å². The summed E-state index contributed by atoms with van der Waals surface area (Å²) in [6.45, 7) is 2.11. The maximum absolute atomic E-state index is 5.71. The highest BCUT2D eigenvalue weighted by Crippen LogP contribution is 2.19. The zero-order chi connectivity index (χ0) is 13.8. The molecule has 1 aromatic carbocycles. The van der Waals surface area contributed by atoms with Gasteiger partial charge in [0.05, 0.1) is 17.4 Å². The van der Waals surface area contributed by atoms with Gasteiger partial charge in [-0.05, 0) is 59.2 Å². The molecule has 1 aromatic heterocycles. The second kappa shape index (κ2) is 6.49. The first-order valence-corrected chi connectivity index (χ1v) is 7.45. The minimum absolute atomic E-state index is 0.0814. The van der Waals surface area contributed by atoms with Crippen LogP contribution in [0.2, 0.25) is 0 Å². The Morgan fingerprint density at radius 1 is 1.37 bits per heavy atom. The minimum Gasteiger partial charge on any atom is -0.271 e.